The molecular formula is C15H12BrClO2. The molecule has 0 fully saturated rings. The van der Waals surface area contributed by atoms with Gasteiger partial charge >= 0.3 is 0 Å². The summed E-state index contributed by atoms with van der Waals surface area (Å²) in [6.45, 7) is 0.476. The molecule has 2 rings (SSSR count). The molecule has 0 bridgehead atoms. The van der Waals surface area contributed by atoms with Gasteiger partial charge in [0.1, 0.15) is 6.61 Å². The Morgan fingerprint density at radius 2 is 1.89 bits per heavy atom. The van der Waals surface area contributed by atoms with Crippen LogP contribution in [0.4, 0.5) is 0 Å². The number of carbonyl (C=O) groups excluding carboxylic acids is 1. The molecule has 98 valence electrons. The fourth-order valence-corrected chi connectivity index (χ4v) is 2.02. The number of rotatable bonds is 5. The van der Waals surface area contributed by atoms with Crippen LogP contribution >= 0.6 is 27.5 Å². The number of carbonyl (C=O) groups is 1. The van der Waals surface area contributed by atoms with Gasteiger partial charge in [0, 0.05) is 10.0 Å². The van der Waals surface area contributed by atoms with E-state index in [9.17, 15) is 4.79 Å². The van der Waals surface area contributed by atoms with Gasteiger partial charge in [0.25, 0.3) is 0 Å². The number of ether oxygens (including phenoxy) is 1. The van der Waals surface area contributed by atoms with Crippen molar-refractivity contribution >= 4 is 33.3 Å². The lowest BCUT2D eigenvalue weighted by atomic mass is 10.1. The number of hydrogen-bond donors (Lipinski definition) is 0. The predicted octanol–water partition coefficient (Wildman–Crippen LogP) is 4.50. The standard InChI is InChI=1S/C15H12BrClO2/c16-13-7-6-12(8-14(13)17)15(18)10-19-9-11-4-2-1-3-5-11/h1-8H,9-10H2. The van der Waals surface area contributed by atoms with E-state index in [0.29, 0.717) is 17.2 Å². The molecule has 0 saturated heterocycles. The second-order valence-corrected chi connectivity index (χ2v) is 5.29. The molecule has 0 spiro atoms. The van der Waals surface area contributed by atoms with Crippen LogP contribution in [0.3, 0.4) is 0 Å². The molecule has 2 aromatic carbocycles. The van der Waals surface area contributed by atoms with Gasteiger partial charge in [-0.15, -0.1) is 0 Å². The van der Waals surface area contributed by atoms with Crippen LogP contribution in [0.25, 0.3) is 0 Å². The fraction of sp³-hybridized carbons (Fsp3) is 0.133. The number of halogens is 2. The van der Waals surface area contributed by atoms with Crippen molar-refractivity contribution in [1.82, 2.24) is 0 Å². The molecule has 0 aliphatic carbocycles. The smallest absolute Gasteiger partial charge is 0.188 e. The quantitative estimate of drug-likeness (QED) is 0.750. The van der Waals surface area contributed by atoms with Crippen LogP contribution in [0, 0.1) is 0 Å². The zero-order valence-corrected chi connectivity index (χ0v) is 12.4. The highest BCUT2D eigenvalue weighted by Crippen LogP contribution is 2.23. The Bertz CT molecular complexity index is 570. The second-order valence-electron chi connectivity index (χ2n) is 4.03. The van der Waals surface area contributed by atoms with Gasteiger partial charge in [-0.2, -0.15) is 0 Å². The first-order chi connectivity index (χ1) is 9.16. The Hall–Kier alpha value is -1.16. The molecule has 0 aromatic heterocycles. The maximum Gasteiger partial charge on any atom is 0.188 e. The van der Waals surface area contributed by atoms with E-state index in [4.69, 9.17) is 16.3 Å². The molecule has 0 saturated carbocycles. The minimum Gasteiger partial charge on any atom is -0.369 e. The van der Waals surface area contributed by atoms with Crippen LogP contribution in [0.15, 0.2) is 53.0 Å². The highest BCUT2D eigenvalue weighted by molar-refractivity contribution is 9.10. The zero-order valence-electron chi connectivity index (χ0n) is 10.1. The highest BCUT2D eigenvalue weighted by Gasteiger charge is 2.08. The summed E-state index contributed by atoms with van der Waals surface area (Å²) in [6.07, 6.45) is 0. The van der Waals surface area contributed by atoms with Gasteiger partial charge in [-0.1, -0.05) is 48.0 Å². The van der Waals surface area contributed by atoms with Crippen molar-refractivity contribution in [2.45, 2.75) is 6.61 Å². The van der Waals surface area contributed by atoms with Crippen molar-refractivity contribution in [2.75, 3.05) is 6.61 Å². The van der Waals surface area contributed by atoms with Crippen molar-refractivity contribution in [2.24, 2.45) is 0 Å². The van der Waals surface area contributed by atoms with Crippen molar-refractivity contribution in [1.29, 1.82) is 0 Å². The molecule has 0 unspecified atom stereocenters. The van der Waals surface area contributed by atoms with Crippen LogP contribution in [0.1, 0.15) is 15.9 Å². The average molecular weight is 340 g/mol. The SMILES string of the molecule is O=C(COCc1ccccc1)c1ccc(Br)c(Cl)c1. The second kappa shape index (κ2) is 6.85. The van der Waals surface area contributed by atoms with Crippen LogP contribution in [-0.4, -0.2) is 12.4 Å². The van der Waals surface area contributed by atoms with Crippen LogP contribution < -0.4 is 0 Å². The molecule has 0 N–H and O–H groups in total. The van der Waals surface area contributed by atoms with Gasteiger partial charge in [-0.3, -0.25) is 4.79 Å². The summed E-state index contributed by atoms with van der Waals surface area (Å²) in [5.41, 5.74) is 1.60. The topological polar surface area (TPSA) is 26.3 Å². The summed E-state index contributed by atoms with van der Waals surface area (Å²) >= 11 is 9.24. The molecule has 0 amide bonds. The van der Waals surface area contributed by atoms with Crippen molar-refractivity contribution < 1.29 is 9.53 Å². The lowest BCUT2D eigenvalue weighted by Crippen LogP contribution is -2.09. The number of benzene rings is 2. The summed E-state index contributed by atoms with van der Waals surface area (Å²) in [5, 5.41) is 0.522. The third-order valence-corrected chi connectivity index (χ3v) is 3.82. The summed E-state index contributed by atoms with van der Waals surface area (Å²) in [5.74, 6) is -0.0784. The first kappa shape index (κ1) is 14.3. The minimum atomic E-state index is -0.0784. The largest absolute Gasteiger partial charge is 0.369 e. The van der Waals surface area contributed by atoms with Crippen molar-refractivity contribution in [3.8, 4) is 0 Å². The number of hydrogen-bond acceptors (Lipinski definition) is 2. The van der Waals surface area contributed by atoms with Crippen molar-refractivity contribution in [3.05, 3.63) is 69.2 Å². The van der Waals surface area contributed by atoms with Gasteiger partial charge < -0.3 is 4.74 Å². The lowest BCUT2D eigenvalue weighted by molar-refractivity contribution is 0.0726. The maximum absolute atomic E-state index is 11.9. The molecule has 19 heavy (non-hydrogen) atoms. The molecule has 0 atom stereocenters. The fourth-order valence-electron chi connectivity index (χ4n) is 1.59. The van der Waals surface area contributed by atoms with Crippen LogP contribution in [0.5, 0.6) is 0 Å². The van der Waals surface area contributed by atoms with E-state index < -0.39 is 0 Å². The molecule has 4 heteroatoms. The van der Waals surface area contributed by atoms with E-state index in [1.54, 1.807) is 18.2 Å². The molecule has 0 radical (unpaired) electrons. The first-order valence-corrected chi connectivity index (χ1v) is 6.94. The Morgan fingerprint density at radius 3 is 2.58 bits per heavy atom. The molecule has 2 aromatic rings. The van der Waals surface area contributed by atoms with Gasteiger partial charge in [-0.05, 0) is 33.6 Å². The van der Waals surface area contributed by atoms with Crippen LogP contribution in [0.2, 0.25) is 5.02 Å². The normalized spacial score (nSPS) is 10.4. The Kier molecular flexibility index (Phi) is 5.14. The third-order valence-electron chi connectivity index (χ3n) is 2.59. The Labute approximate surface area is 125 Å². The Morgan fingerprint density at radius 1 is 1.16 bits per heavy atom. The van der Waals surface area contributed by atoms with Gasteiger partial charge in [-0.25, -0.2) is 0 Å². The van der Waals surface area contributed by atoms with E-state index in [0.717, 1.165) is 10.0 Å². The highest BCUT2D eigenvalue weighted by atomic mass is 79.9. The van der Waals surface area contributed by atoms with E-state index in [1.165, 1.54) is 0 Å². The zero-order chi connectivity index (χ0) is 13.7. The van der Waals surface area contributed by atoms with E-state index in [1.807, 2.05) is 30.3 Å². The predicted molar refractivity (Wildman–Crippen MR) is 79.6 cm³/mol. The monoisotopic (exact) mass is 338 g/mol. The van der Waals surface area contributed by atoms with E-state index >= 15 is 0 Å². The summed E-state index contributed by atoms with van der Waals surface area (Å²) in [4.78, 5) is 11.9. The molecule has 2 nitrogen and oxygen atoms in total. The Balaban J connectivity index is 1.89. The van der Waals surface area contributed by atoms with Gasteiger partial charge in [0.15, 0.2) is 5.78 Å². The molecule has 0 aliphatic heterocycles. The molecular weight excluding hydrogens is 328 g/mol. The molecule has 0 heterocycles. The van der Waals surface area contributed by atoms with E-state index in [2.05, 4.69) is 15.9 Å². The first-order valence-electron chi connectivity index (χ1n) is 5.77. The van der Waals surface area contributed by atoms with E-state index in [-0.39, 0.29) is 12.4 Å². The summed E-state index contributed by atoms with van der Waals surface area (Å²) in [7, 11) is 0. The molecule has 0 aliphatic rings. The van der Waals surface area contributed by atoms with Gasteiger partial charge in [0.05, 0.1) is 11.6 Å². The average Bonchev–Trinajstić information content (AvgIpc) is 2.43. The maximum atomic E-state index is 11.9. The van der Waals surface area contributed by atoms with Gasteiger partial charge in [0.2, 0.25) is 0 Å². The number of ketones is 1. The summed E-state index contributed by atoms with van der Waals surface area (Å²) < 4.78 is 6.18. The lowest BCUT2D eigenvalue weighted by Gasteiger charge is -2.05. The minimum absolute atomic E-state index is 0.0485. The number of Topliss-reactive ketones (excluding diaryl/α,β-unsaturated/α-hetero) is 1. The van der Waals surface area contributed by atoms with Crippen molar-refractivity contribution in [3.63, 3.8) is 0 Å². The third kappa shape index (κ3) is 4.16. The summed E-state index contributed by atoms with van der Waals surface area (Å²) in [6, 6.07) is 14.9. The van der Waals surface area contributed by atoms with Crippen LogP contribution in [-0.2, 0) is 11.3 Å².